The number of aromatic amines is 1. The number of hydrogen-bond donors (Lipinski definition) is 2. The Labute approximate surface area is 156 Å². The predicted octanol–water partition coefficient (Wildman–Crippen LogP) is 3.41. The molecule has 2 aromatic rings. The molecule has 1 aliphatic heterocycles. The van der Waals surface area contributed by atoms with Gasteiger partial charge in [-0.3, -0.25) is 14.5 Å². The van der Waals surface area contributed by atoms with Crippen molar-refractivity contribution in [3.63, 3.8) is 0 Å². The number of aromatic nitrogens is 3. The van der Waals surface area contributed by atoms with Gasteiger partial charge in [-0.05, 0) is 42.9 Å². The number of carbonyl (C=O) groups is 1. The maximum atomic E-state index is 12.7. The molecule has 2 N–H and O–H groups in total. The lowest BCUT2D eigenvalue weighted by Gasteiger charge is -2.23. The monoisotopic (exact) mass is 380 g/mol. The average Bonchev–Trinajstić information content (AvgIpc) is 3.31. The summed E-state index contributed by atoms with van der Waals surface area (Å²) < 4.78 is 8.03. The molecule has 1 aliphatic rings. The third-order valence-corrected chi connectivity index (χ3v) is 5.83. The lowest BCUT2D eigenvalue weighted by molar-refractivity contribution is -0.124. The van der Waals surface area contributed by atoms with Crippen LogP contribution in [0.25, 0.3) is 10.7 Å². The van der Waals surface area contributed by atoms with Gasteiger partial charge in [0, 0.05) is 19.1 Å². The molecule has 2 aromatic heterocycles. The van der Waals surface area contributed by atoms with Crippen molar-refractivity contribution < 1.29 is 9.53 Å². The Hall–Kier alpha value is -1.51. The molecule has 136 valence electrons. The van der Waals surface area contributed by atoms with Gasteiger partial charge in [-0.2, -0.15) is 5.10 Å². The number of nitrogens with zero attached hydrogens (tertiary/aromatic N) is 2. The zero-order valence-electron chi connectivity index (χ0n) is 14.7. The van der Waals surface area contributed by atoms with Crippen molar-refractivity contribution >= 4 is 29.5 Å². The van der Waals surface area contributed by atoms with E-state index in [1.807, 2.05) is 24.4 Å². The van der Waals surface area contributed by atoms with Crippen molar-refractivity contribution in [1.82, 2.24) is 20.1 Å². The first-order valence-electron chi connectivity index (χ1n) is 8.59. The summed E-state index contributed by atoms with van der Waals surface area (Å²) in [6.45, 7) is 7.57. The van der Waals surface area contributed by atoms with Crippen LogP contribution in [0.2, 0.25) is 0 Å². The van der Waals surface area contributed by atoms with E-state index in [4.69, 9.17) is 17.0 Å². The Kier molecular flexibility index (Phi) is 5.71. The van der Waals surface area contributed by atoms with Crippen LogP contribution in [0.1, 0.15) is 33.2 Å². The van der Waals surface area contributed by atoms with Crippen molar-refractivity contribution in [3.8, 4) is 10.7 Å². The lowest BCUT2D eigenvalue weighted by atomic mass is 9.93. The summed E-state index contributed by atoms with van der Waals surface area (Å²) in [6, 6.07) is 3.50. The third kappa shape index (κ3) is 3.86. The number of rotatable bonds is 6. The largest absolute Gasteiger partial charge is 0.378 e. The number of thiophene rings is 1. The molecule has 3 heterocycles. The maximum Gasteiger partial charge on any atom is 0.242 e. The third-order valence-electron chi connectivity index (χ3n) is 4.67. The fraction of sp³-hybridized carbons (Fsp3) is 0.588. The van der Waals surface area contributed by atoms with Crippen LogP contribution in [0.4, 0.5) is 0 Å². The van der Waals surface area contributed by atoms with E-state index in [1.54, 1.807) is 15.9 Å². The van der Waals surface area contributed by atoms with Crippen LogP contribution in [0, 0.1) is 16.6 Å². The number of amides is 1. The quantitative estimate of drug-likeness (QED) is 0.754. The molecular weight excluding hydrogens is 356 g/mol. The molecule has 0 aliphatic carbocycles. The normalized spacial score (nSPS) is 21.6. The summed E-state index contributed by atoms with van der Waals surface area (Å²) in [6.07, 6.45) is 1.21. The maximum absolute atomic E-state index is 12.7. The van der Waals surface area contributed by atoms with Crippen molar-refractivity contribution in [3.05, 3.63) is 22.3 Å². The van der Waals surface area contributed by atoms with Gasteiger partial charge in [0.25, 0.3) is 0 Å². The summed E-state index contributed by atoms with van der Waals surface area (Å²) >= 11 is 6.91. The van der Waals surface area contributed by atoms with Gasteiger partial charge in [-0.1, -0.05) is 19.9 Å². The van der Waals surface area contributed by atoms with E-state index in [0.717, 1.165) is 17.9 Å². The van der Waals surface area contributed by atoms with E-state index in [0.29, 0.717) is 29.0 Å². The van der Waals surface area contributed by atoms with Gasteiger partial charge in [0.1, 0.15) is 6.04 Å². The van der Waals surface area contributed by atoms with E-state index in [9.17, 15) is 4.79 Å². The molecule has 0 aromatic carbocycles. The zero-order valence-corrected chi connectivity index (χ0v) is 16.3. The molecular formula is C17H24N4O2S2. The molecule has 3 rings (SSSR count). The predicted molar refractivity (Wildman–Crippen MR) is 101 cm³/mol. The zero-order chi connectivity index (χ0) is 18.0. The van der Waals surface area contributed by atoms with E-state index in [2.05, 4.69) is 29.4 Å². The lowest BCUT2D eigenvalue weighted by Crippen LogP contribution is -2.38. The van der Waals surface area contributed by atoms with E-state index in [-0.39, 0.29) is 12.0 Å². The van der Waals surface area contributed by atoms with Gasteiger partial charge >= 0.3 is 0 Å². The second kappa shape index (κ2) is 7.80. The molecule has 3 atom stereocenters. The average molecular weight is 381 g/mol. The minimum atomic E-state index is -0.428. The van der Waals surface area contributed by atoms with Gasteiger partial charge in [0.05, 0.1) is 11.0 Å². The topological polar surface area (TPSA) is 71.9 Å². The van der Waals surface area contributed by atoms with E-state index in [1.165, 1.54) is 0 Å². The van der Waals surface area contributed by atoms with E-state index >= 15 is 0 Å². The first-order valence-corrected chi connectivity index (χ1v) is 9.88. The van der Waals surface area contributed by atoms with Crippen LogP contribution in [0.5, 0.6) is 0 Å². The first kappa shape index (κ1) is 18.3. The van der Waals surface area contributed by atoms with Gasteiger partial charge < -0.3 is 10.1 Å². The fourth-order valence-electron chi connectivity index (χ4n) is 3.35. The molecule has 0 radical (unpaired) electrons. The van der Waals surface area contributed by atoms with Gasteiger partial charge in [0.2, 0.25) is 5.91 Å². The second-order valence-corrected chi connectivity index (χ2v) is 8.08. The van der Waals surface area contributed by atoms with Crippen molar-refractivity contribution in [2.45, 2.75) is 39.3 Å². The van der Waals surface area contributed by atoms with Crippen LogP contribution in [-0.2, 0) is 9.53 Å². The SMILES string of the molecule is CC(C)[C@@H]1OCC[C@@H]1CNC(=O)[C@@H](C)n1c(-c2cccs2)n[nH]c1=S. The molecule has 6 nitrogen and oxygen atoms in total. The minimum absolute atomic E-state index is 0.0512. The Morgan fingerprint density at radius 1 is 1.56 bits per heavy atom. The highest BCUT2D eigenvalue weighted by atomic mass is 32.1. The first-order chi connectivity index (χ1) is 12.0. The standard InChI is InChI=1S/C17H24N4O2S2/c1-10(2)14-12(6-7-23-14)9-18-16(22)11(3)21-15(19-20-17(21)24)13-5-4-8-25-13/h4-5,8,10-12,14H,6-7,9H2,1-3H3,(H,18,22)(H,20,24)/t11-,12-,14+/m1/s1. The minimum Gasteiger partial charge on any atom is -0.378 e. The summed E-state index contributed by atoms with van der Waals surface area (Å²) in [7, 11) is 0. The van der Waals surface area contributed by atoms with Gasteiger partial charge in [0.15, 0.2) is 10.6 Å². The van der Waals surface area contributed by atoms with Gasteiger partial charge in [-0.15, -0.1) is 11.3 Å². The Bertz CT molecular complexity index is 766. The second-order valence-electron chi connectivity index (χ2n) is 6.75. The smallest absolute Gasteiger partial charge is 0.242 e. The number of H-pyrrole nitrogens is 1. The number of ether oxygens (including phenoxy) is 1. The van der Waals surface area contributed by atoms with Crippen LogP contribution >= 0.6 is 23.6 Å². The molecule has 1 fully saturated rings. The molecule has 1 amide bonds. The summed E-state index contributed by atoms with van der Waals surface area (Å²) in [5, 5.41) is 12.1. The Balaban J connectivity index is 1.69. The van der Waals surface area contributed by atoms with Crippen LogP contribution < -0.4 is 5.32 Å². The highest BCUT2D eigenvalue weighted by Crippen LogP contribution is 2.27. The van der Waals surface area contributed by atoms with Crippen molar-refractivity contribution in [1.29, 1.82) is 0 Å². The highest BCUT2D eigenvalue weighted by molar-refractivity contribution is 7.71. The van der Waals surface area contributed by atoms with Gasteiger partial charge in [-0.25, -0.2) is 0 Å². The molecule has 8 heteroatoms. The van der Waals surface area contributed by atoms with Crippen LogP contribution in [-0.4, -0.2) is 39.9 Å². The molecule has 1 saturated heterocycles. The number of hydrogen-bond acceptors (Lipinski definition) is 5. The molecule has 25 heavy (non-hydrogen) atoms. The van der Waals surface area contributed by atoms with Crippen molar-refractivity contribution in [2.75, 3.05) is 13.2 Å². The molecule has 0 saturated carbocycles. The molecule has 0 spiro atoms. The van der Waals surface area contributed by atoms with E-state index < -0.39 is 6.04 Å². The number of nitrogens with one attached hydrogen (secondary N) is 2. The molecule has 0 unspecified atom stereocenters. The van der Waals surface area contributed by atoms with Crippen LogP contribution in [0.15, 0.2) is 17.5 Å². The summed E-state index contributed by atoms with van der Waals surface area (Å²) in [5.74, 6) is 1.47. The molecule has 0 bridgehead atoms. The highest BCUT2D eigenvalue weighted by Gasteiger charge is 2.31. The number of carbonyl (C=O) groups excluding carboxylic acids is 1. The Morgan fingerprint density at radius 2 is 2.36 bits per heavy atom. The summed E-state index contributed by atoms with van der Waals surface area (Å²) in [4.78, 5) is 13.7. The van der Waals surface area contributed by atoms with Crippen LogP contribution in [0.3, 0.4) is 0 Å². The fourth-order valence-corrected chi connectivity index (χ4v) is 4.35. The van der Waals surface area contributed by atoms with Crippen molar-refractivity contribution in [2.24, 2.45) is 11.8 Å². The Morgan fingerprint density at radius 3 is 3.04 bits per heavy atom. The summed E-state index contributed by atoms with van der Waals surface area (Å²) in [5.41, 5.74) is 0.